The molecule has 0 spiro atoms. The van der Waals surface area contributed by atoms with Crippen LogP contribution in [0.4, 0.5) is 0 Å². The summed E-state index contributed by atoms with van der Waals surface area (Å²) in [6.07, 6.45) is 8.03. The molecule has 0 aliphatic rings. The van der Waals surface area contributed by atoms with Crippen molar-refractivity contribution in [1.82, 2.24) is 20.3 Å². The lowest BCUT2D eigenvalue weighted by atomic mass is 10.1. The Balaban J connectivity index is 1.99. The van der Waals surface area contributed by atoms with Gasteiger partial charge in [-0.1, -0.05) is 13.0 Å². The highest BCUT2D eigenvalue weighted by atomic mass is 15.0. The number of aromatic nitrogens is 3. The standard InChI is InChI=1S/C14H18N4/c1-3-12-5-4-6-16-14(12)10-18-11(2)13-9-15-7-8-17-13/h4-9,11,18H,3,10H2,1-2H3. The van der Waals surface area contributed by atoms with Gasteiger partial charge in [-0.25, -0.2) is 0 Å². The van der Waals surface area contributed by atoms with Crippen molar-refractivity contribution in [2.45, 2.75) is 32.9 Å². The van der Waals surface area contributed by atoms with Crippen LogP contribution in [0.2, 0.25) is 0 Å². The summed E-state index contributed by atoms with van der Waals surface area (Å²) in [6, 6.07) is 4.27. The van der Waals surface area contributed by atoms with E-state index >= 15 is 0 Å². The number of pyridine rings is 1. The molecule has 2 aromatic rings. The second-order valence-corrected chi connectivity index (χ2v) is 4.20. The van der Waals surface area contributed by atoms with E-state index in [1.807, 2.05) is 12.3 Å². The van der Waals surface area contributed by atoms with Crippen LogP contribution in [0.1, 0.15) is 36.8 Å². The van der Waals surface area contributed by atoms with Crippen LogP contribution in [0.3, 0.4) is 0 Å². The quantitative estimate of drug-likeness (QED) is 0.874. The zero-order chi connectivity index (χ0) is 12.8. The van der Waals surface area contributed by atoms with E-state index in [1.165, 1.54) is 5.56 Å². The second kappa shape index (κ2) is 6.21. The van der Waals surface area contributed by atoms with Crippen LogP contribution in [-0.4, -0.2) is 15.0 Å². The van der Waals surface area contributed by atoms with Crippen LogP contribution in [0.5, 0.6) is 0 Å². The fourth-order valence-corrected chi connectivity index (χ4v) is 1.84. The molecule has 18 heavy (non-hydrogen) atoms. The average Bonchev–Trinajstić information content (AvgIpc) is 2.46. The van der Waals surface area contributed by atoms with Crippen molar-refractivity contribution in [3.63, 3.8) is 0 Å². The van der Waals surface area contributed by atoms with Gasteiger partial charge < -0.3 is 5.32 Å². The van der Waals surface area contributed by atoms with Crippen LogP contribution in [-0.2, 0) is 13.0 Å². The van der Waals surface area contributed by atoms with Gasteiger partial charge in [-0.15, -0.1) is 0 Å². The van der Waals surface area contributed by atoms with Gasteiger partial charge in [0.2, 0.25) is 0 Å². The lowest BCUT2D eigenvalue weighted by molar-refractivity contribution is 0.551. The Morgan fingerprint density at radius 3 is 2.83 bits per heavy atom. The summed E-state index contributed by atoms with van der Waals surface area (Å²) in [5.41, 5.74) is 3.35. The SMILES string of the molecule is CCc1cccnc1CNC(C)c1cnccn1. The Bertz CT molecular complexity index is 484. The molecule has 4 nitrogen and oxygen atoms in total. The molecule has 2 rings (SSSR count). The summed E-state index contributed by atoms with van der Waals surface area (Å²) in [4.78, 5) is 12.8. The Kier molecular flexibility index (Phi) is 4.36. The van der Waals surface area contributed by atoms with Gasteiger partial charge in [0.1, 0.15) is 0 Å². The van der Waals surface area contributed by atoms with E-state index in [-0.39, 0.29) is 6.04 Å². The van der Waals surface area contributed by atoms with Gasteiger partial charge in [0.05, 0.1) is 11.4 Å². The third-order valence-electron chi connectivity index (χ3n) is 2.97. The highest BCUT2D eigenvalue weighted by Crippen LogP contribution is 2.10. The van der Waals surface area contributed by atoms with Gasteiger partial charge in [0.15, 0.2) is 0 Å². The number of rotatable bonds is 5. The molecular formula is C14H18N4. The van der Waals surface area contributed by atoms with Gasteiger partial charge >= 0.3 is 0 Å². The van der Waals surface area contributed by atoms with Gasteiger partial charge in [0, 0.05) is 37.4 Å². The molecule has 0 aliphatic heterocycles. The first-order chi connectivity index (χ1) is 8.81. The molecule has 4 heteroatoms. The van der Waals surface area contributed by atoms with Crippen LogP contribution < -0.4 is 5.32 Å². The smallest absolute Gasteiger partial charge is 0.0753 e. The highest BCUT2D eigenvalue weighted by Gasteiger charge is 2.07. The summed E-state index contributed by atoms with van der Waals surface area (Å²) in [7, 11) is 0. The number of hydrogen-bond acceptors (Lipinski definition) is 4. The second-order valence-electron chi connectivity index (χ2n) is 4.20. The zero-order valence-electron chi connectivity index (χ0n) is 10.8. The summed E-state index contributed by atoms with van der Waals surface area (Å²) >= 11 is 0. The monoisotopic (exact) mass is 242 g/mol. The zero-order valence-corrected chi connectivity index (χ0v) is 10.8. The Hall–Kier alpha value is -1.81. The van der Waals surface area contributed by atoms with Crippen molar-refractivity contribution >= 4 is 0 Å². The van der Waals surface area contributed by atoms with Crippen molar-refractivity contribution in [2.24, 2.45) is 0 Å². The minimum absolute atomic E-state index is 0.172. The maximum Gasteiger partial charge on any atom is 0.0753 e. The van der Waals surface area contributed by atoms with Crippen LogP contribution in [0.15, 0.2) is 36.9 Å². The minimum Gasteiger partial charge on any atom is -0.303 e. The number of nitrogens with one attached hydrogen (secondary N) is 1. The molecule has 1 N–H and O–H groups in total. The minimum atomic E-state index is 0.172. The molecule has 94 valence electrons. The lowest BCUT2D eigenvalue weighted by Gasteiger charge is -2.13. The lowest BCUT2D eigenvalue weighted by Crippen LogP contribution is -2.20. The largest absolute Gasteiger partial charge is 0.303 e. The normalized spacial score (nSPS) is 12.3. The topological polar surface area (TPSA) is 50.7 Å². The van der Waals surface area contributed by atoms with Gasteiger partial charge in [-0.2, -0.15) is 0 Å². The van der Waals surface area contributed by atoms with Crippen LogP contribution in [0.25, 0.3) is 0 Å². The first kappa shape index (κ1) is 12.6. The Morgan fingerprint density at radius 1 is 1.22 bits per heavy atom. The molecule has 2 aromatic heterocycles. The van der Waals surface area contributed by atoms with E-state index < -0.39 is 0 Å². The summed E-state index contributed by atoms with van der Waals surface area (Å²) in [5, 5.41) is 3.42. The third-order valence-corrected chi connectivity index (χ3v) is 2.97. The fraction of sp³-hybridized carbons (Fsp3) is 0.357. The van der Waals surface area contributed by atoms with Crippen molar-refractivity contribution in [3.8, 4) is 0 Å². The molecule has 1 atom stereocenters. The molecule has 0 saturated carbocycles. The van der Waals surface area contributed by atoms with Gasteiger partial charge in [0.25, 0.3) is 0 Å². The summed E-state index contributed by atoms with van der Waals surface area (Å²) in [6.45, 7) is 4.98. The molecule has 0 radical (unpaired) electrons. The van der Waals surface area contributed by atoms with E-state index in [4.69, 9.17) is 0 Å². The van der Waals surface area contributed by atoms with Gasteiger partial charge in [-0.3, -0.25) is 15.0 Å². The maximum absolute atomic E-state index is 4.42. The van der Waals surface area contributed by atoms with Gasteiger partial charge in [-0.05, 0) is 25.0 Å². The van der Waals surface area contributed by atoms with Crippen LogP contribution in [0, 0.1) is 0 Å². The first-order valence-corrected chi connectivity index (χ1v) is 6.23. The molecule has 1 unspecified atom stereocenters. The molecular weight excluding hydrogens is 224 g/mol. The van der Waals surface area contributed by atoms with Crippen molar-refractivity contribution < 1.29 is 0 Å². The summed E-state index contributed by atoms with van der Waals surface area (Å²) in [5.74, 6) is 0. The van der Waals surface area contributed by atoms with E-state index in [9.17, 15) is 0 Å². The molecule has 0 aliphatic carbocycles. The van der Waals surface area contributed by atoms with E-state index in [0.717, 1.165) is 24.4 Å². The average molecular weight is 242 g/mol. The Morgan fingerprint density at radius 2 is 2.11 bits per heavy atom. The molecule has 0 saturated heterocycles. The molecule has 0 amide bonds. The molecule has 2 heterocycles. The Labute approximate surface area is 108 Å². The predicted molar refractivity (Wildman–Crippen MR) is 70.9 cm³/mol. The fourth-order valence-electron chi connectivity index (χ4n) is 1.84. The number of aryl methyl sites for hydroxylation is 1. The third kappa shape index (κ3) is 3.11. The number of nitrogens with zero attached hydrogens (tertiary/aromatic N) is 3. The van der Waals surface area contributed by atoms with Crippen LogP contribution >= 0.6 is 0 Å². The molecule has 0 fully saturated rings. The van der Waals surface area contributed by atoms with Crippen molar-refractivity contribution in [1.29, 1.82) is 0 Å². The predicted octanol–water partition coefficient (Wildman–Crippen LogP) is 2.28. The number of hydrogen-bond donors (Lipinski definition) is 1. The molecule has 0 bridgehead atoms. The maximum atomic E-state index is 4.42. The van der Waals surface area contributed by atoms with Crippen molar-refractivity contribution in [2.75, 3.05) is 0 Å². The highest BCUT2D eigenvalue weighted by molar-refractivity contribution is 5.19. The summed E-state index contributed by atoms with van der Waals surface area (Å²) < 4.78 is 0. The molecule has 0 aromatic carbocycles. The van der Waals surface area contributed by atoms with E-state index in [0.29, 0.717) is 0 Å². The van der Waals surface area contributed by atoms with Crippen molar-refractivity contribution in [3.05, 3.63) is 53.9 Å². The van der Waals surface area contributed by atoms with E-state index in [1.54, 1.807) is 18.6 Å². The first-order valence-electron chi connectivity index (χ1n) is 6.23. The van der Waals surface area contributed by atoms with E-state index in [2.05, 4.69) is 40.2 Å².